The van der Waals surface area contributed by atoms with E-state index < -0.39 is 0 Å². The van der Waals surface area contributed by atoms with Crippen LogP contribution in [0.5, 0.6) is 0 Å². The average Bonchev–Trinajstić information content (AvgIpc) is 3.27. The average molecular weight is 609 g/mol. The van der Waals surface area contributed by atoms with E-state index in [1.54, 1.807) is 0 Å². The minimum Gasteiger partial charge on any atom is -0.307 e. The highest BCUT2D eigenvalue weighted by Crippen LogP contribution is 2.46. The van der Waals surface area contributed by atoms with Crippen LogP contribution in [0, 0.1) is 0 Å². The molecule has 234 valence electrons. The predicted molar refractivity (Wildman–Crippen MR) is 195 cm³/mol. The van der Waals surface area contributed by atoms with Crippen LogP contribution in [0.25, 0.3) is 43.8 Å². The van der Waals surface area contributed by atoms with E-state index in [2.05, 4.69) is 152 Å². The van der Waals surface area contributed by atoms with Crippen LogP contribution < -0.4 is 9.80 Å². The number of fused-ring (bicyclic) bond motifs is 2. The lowest BCUT2D eigenvalue weighted by molar-refractivity contribution is 0.337. The fourth-order valence-electron chi connectivity index (χ4n) is 7.53. The maximum absolute atomic E-state index is 5.04. The Hall–Kier alpha value is -4.58. The molecule has 0 amide bonds. The van der Waals surface area contributed by atoms with Crippen molar-refractivity contribution in [3.8, 4) is 22.3 Å². The number of aromatic nitrogens is 2. The van der Waals surface area contributed by atoms with Crippen LogP contribution in [0.2, 0.25) is 0 Å². The number of hydrogen-bond donors (Lipinski definition) is 0. The Kier molecular flexibility index (Phi) is 6.51. The second kappa shape index (κ2) is 9.96. The van der Waals surface area contributed by atoms with E-state index in [1.807, 2.05) is 12.4 Å². The molecule has 0 saturated heterocycles. The summed E-state index contributed by atoms with van der Waals surface area (Å²) in [7, 11) is 0. The monoisotopic (exact) mass is 608 g/mol. The third-order valence-electron chi connectivity index (χ3n) is 11.1. The summed E-state index contributed by atoms with van der Waals surface area (Å²) >= 11 is 0. The van der Waals surface area contributed by atoms with Crippen molar-refractivity contribution in [3.63, 3.8) is 0 Å². The molecule has 7 rings (SSSR count). The summed E-state index contributed by atoms with van der Waals surface area (Å²) in [6.07, 6.45) is 4.05. The Morgan fingerprint density at radius 3 is 1.02 bits per heavy atom. The van der Waals surface area contributed by atoms with Crippen molar-refractivity contribution < 1.29 is 0 Å². The molecule has 0 bridgehead atoms. The summed E-state index contributed by atoms with van der Waals surface area (Å²) in [4.78, 5) is 24.5. The number of hydrogen-bond acceptors (Lipinski definition) is 6. The van der Waals surface area contributed by atoms with Crippen LogP contribution in [-0.2, 0) is 0 Å². The summed E-state index contributed by atoms with van der Waals surface area (Å²) in [5.74, 6) is 3.83. The SMILES string of the molecule is CC1=NC(C)(C)C(C)(C)N1c1ccc(-c2c3ccccc3c(-c3ccc(N4C(C)=NC(C)(C)C4(C)C)nc3)c3ccccc23)cn1. The van der Waals surface area contributed by atoms with Gasteiger partial charge in [-0.25, -0.2) is 9.97 Å². The molecule has 2 aliphatic rings. The van der Waals surface area contributed by atoms with Gasteiger partial charge in [-0.15, -0.1) is 0 Å². The Morgan fingerprint density at radius 1 is 0.457 bits per heavy atom. The molecule has 0 unspecified atom stereocenters. The topological polar surface area (TPSA) is 57.0 Å². The molecular weight excluding hydrogens is 564 g/mol. The number of aliphatic imine (C=N–C) groups is 2. The normalized spacial score (nSPS) is 19.5. The molecule has 6 heteroatoms. The molecular formula is C40H44N6. The molecule has 0 fully saturated rings. The van der Waals surface area contributed by atoms with Gasteiger partial charge in [0.2, 0.25) is 0 Å². The molecule has 0 spiro atoms. The molecule has 2 aliphatic heterocycles. The highest BCUT2D eigenvalue weighted by atomic mass is 15.4. The van der Waals surface area contributed by atoms with Crippen LogP contribution in [0.3, 0.4) is 0 Å². The van der Waals surface area contributed by atoms with E-state index in [0.29, 0.717) is 0 Å². The van der Waals surface area contributed by atoms with Gasteiger partial charge in [0.1, 0.15) is 23.3 Å². The molecule has 46 heavy (non-hydrogen) atoms. The van der Waals surface area contributed by atoms with Crippen molar-refractivity contribution in [2.24, 2.45) is 9.98 Å². The highest BCUT2D eigenvalue weighted by Gasteiger charge is 2.49. The lowest BCUT2D eigenvalue weighted by Gasteiger charge is -2.40. The second-order valence-corrected chi connectivity index (χ2v) is 14.9. The Bertz CT molecular complexity index is 1860. The van der Waals surface area contributed by atoms with E-state index in [4.69, 9.17) is 20.0 Å². The van der Waals surface area contributed by atoms with Gasteiger partial charge in [-0.05, 0) is 126 Å². The fourth-order valence-corrected chi connectivity index (χ4v) is 7.53. The summed E-state index contributed by atoms with van der Waals surface area (Å²) < 4.78 is 0. The van der Waals surface area contributed by atoms with Crippen molar-refractivity contribution in [2.75, 3.05) is 9.80 Å². The third kappa shape index (κ3) is 4.22. The van der Waals surface area contributed by atoms with Gasteiger partial charge in [0.25, 0.3) is 0 Å². The number of amidine groups is 2. The smallest absolute Gasteiger partial charge is 0.134 e. The third-order valence-corrected chi connectivity index (χ3v) is 11.1. The molecule has 5 aromatic rings. The van der Waals surface area contributed by atoms with Crippen LogP contribution in [0.4, 0.5) is 11.6 Å². The van der Waals surface area contributed by atoms with Crippen molar-refractivity contribution in [1.29, 1.82) is 0 Å². The minimum atomic E-state index is -0.208. The van der Waals surface area contributed by atoms with E-state index >= 15 is 0 Å². The van der Waals surface area contributed by atoms with Crippen LogP contribution in [-0.4, -0.2) is 43.8 Å². The Morgan fingerprint density at radius 2 is 0.783 bits per heavy atom. The maximum Gasteiger partial charge on any atom is 0.134 e. The van der Waals surface area contributed by atoms with Gasteiger partial charge in [0, 0.05) is 23.5 Å². The van der Waals surface area contributed by atoms with E-state index in [9.17, 15) is 0 Å². The zero-order chi connectivity index (χ0) is 32.8. The van der Waals surface area contributed by atoms with Gasteiger partial charge in [-0.2, -0.15) is 0 Å². The minimum absolute atomic E-state index is 0.192. The van der Waals surface area contributed by atoms with Gasteiger partial charge in [0.15, 0.2) is 0 Å². The molecule has 0 radical (unpaired) electrons. The number of pyridine rings is 2. The van der Waals surface area contributed by atoms with Crippen molar-refractivity contribution >= 4 is 44.9 Å². The van der Waals surface area contributed by atoms with Gasteiger partial charge < -0.3 is 9.80 Å². The van der Waals surface area contributed by atoms with E-state index in [0.717, 1.165) is 34.4 Å². The lowest BCUT2D eigenvalue weighted by Crippen LogP contribution is -2.53. The van der Waals surface area contributed by atoms with Crippen molar-refractivity contribution in [3.05, 3.63) is 85.2 Å². The number of benzene rings is 3. The van der Waals surface area contributed by atoms with Gasteiger partial charge in [0.05, 0.1) is 22.2 Å². The largest absolute Gasteiger partial charge is 0.307 e. The van der Waals surface area contributed by atoms with Gasteiger partial charge in [-0.1, -0.05) is 48.5 Å². The standard InChI is InChI=1S/C40H44N6/c1-25-43-37(3,4)39(7,8)45(25)33-21-19-27(23-41-33)35-29-15-11-13-17-31(29)36(32-18-14-12-16-30(32)35)28-20-22-34(42-24-28)46-26(2)44-38(5,6)40(46,9)10/h11-24H,1-10H3. The molecule has 0 saturated carbocycles. The molecule has 0 aliphatic carbocycles. The van der Waals surface area contributed by atoms with Crippen molar-refractivity contribution in [2.45, 2.75) is 91.4 Å². The second-order valence-electron chi connectivity index (χ2n) is 14.9. The first-order valence-corrected chi connectivity index (χ1v) is 16.3. The summed E-state index contributed by atoms with van der Waals surface area (Å²) in [5, 5.41) is 4.78. The first-order valence-electron chi connectivity index (χ1n) is 16.3. The van der Waals surface area contributed by atoms with Gasteiger partial charge in [-0.3, -0.25) is 9.98 Å². The van der Waals surface area contributed by atoms with E-state index in [1.165, 1.54) is 32.7 Å². The number of rotatable bonds is 4. The van der Waals surface area contributed by atoms with Crippen LogP contribution in [0.15, 0.2) is 95.2 Å². The van der Waals surface area contributed by atoms with Gasteiger partial charge >= 0.3 is 0 Å². The highest BCUT2D eigenvalue weighted by molar-refractivity contribution is 6.21. The lowest BCUT2D eigenvalue weighted by atomic mass is 9.83. The first-order chi connectivity index (χ1) is 21.7. The predicted octanol–water partition coefficient (Wildman–Crippen LogP) is 9.71. The quantitative estimate of drug-likeness (QED) is 0.191. The summed E-state index contributed by atoms with van der Waals surface area (Å²) in [6.45, 7) is 21.9. The maximum atomic E-state index is 5.04. The molecule has 6 nitrogen and oxygen atoms in total. The zero-order valence-electron chi connectivity index (χ0n) is 28.8. The zero-order valence-corrected chi connectivity index (χ0v) is 28.8. The summed E-state index contributed by atoms with van der Waals surface area (Å²) in [6, 6.07) is 26.1. The fraction of sp³-hybridized carbons (Fsp3) is 0.350. The molecule has 0 atom stereocenters. The Labute approximate surface area is 272 Å². The molecule has 3 aromatic carbocycles. The molecule has 4 heterocycles. The van der Waals surface area contributed by atoms with Crippen LogP contribution in [0.1, 0.15) is 69.2 Å². The van der Waals surface area contributed by atoms with Crippen molar-refractivity contribution in [1.82, 2.24) is 9.97 Å². The first kappa shape index (κ1) is 30.1. The molecule has 2 aromatic heterocycles. The molecule has 0 N–H and O–H groups in total. The summed E-state index contributed by atoms with van der Waals surface area (Å²) in [5.41, 5.74) is 3.77. The van der Waals surface area contributed by atoms with Crippen LogP contribution >= 0.6 is 0 Å². The number of nitrogens with zero attached hydrogens (tertiary/aromatic N) is 6. The van der Waals surface area contributed by atoms with E-state index in [-0.39, 0.29) is 22.2 Å². The Balaban J connectivity index is 1.35. The number of anilines is 2.